The van der Waals surface area contributed by atoms with Gasteiger partial charge in [0.25, 0.3) is 0 Å². The number of carbonyl (C=O) groups is 3. The molecule has 3 rings (SSSR count). The highest BCUT2D eigenvalue weighted by Crippen LogP contribution is 2.27. The van der Waals surface area contributed by atoms with Crippen molar-refractivity contribution < 1.29 is 27.6 Å². The summed E-state index contributed by atoms with van der Waals surface area (Å²) < 4.78 is 37.3. The second-order valence-electron chi connectivity index (χ2n) is 6.71. The SMILES string of the molecule is O=C(NCC(=O)N1CCc2ccccc21)C1CCN(C(=O)C(F)(F)F)CC1. The van der Waals surface area contributed by atoms with Crippen molar-refractivity contribution in [1.29, 1.82) is 0 Å². The highest BCUT2D eigenvalue weighted by atomic mass is 19.4. The lowest BCUT2D eigenvalue weighted by Crippen LogP contribution is -2.48. The van der Waals surface area contributed by atoms with Gasteiger partial charge >= 0.3 is 12.1 Å². The van der Waals surface area contributed by atoms with E-state index >= 15 is 0 Å². The molecule has 0 bridgehead atoms. The van der Waals surface area contributed by atoms with Crippen LogP contribution in [0.5, 0.6) is 0 Å². The normalized spacial score (nSPS) is 17.6. The third kappa shape index (κ3) is 4.23. The minimum atomic E-state index is -4.90. The average Bonchev–Trinajstić information content (AvgIpc) is 3.09. The maximum Gasteiger partial charge on any atom is 0.471 e. The van der Waals surface area contributed by atoms with E-state index in [0.29, 0.717) is 6.54 Å². The van der Waals surface area contributed by atoms with Crippen LogP contribution in [0.15, 0.2) is 24.3 Å². The van der Waals surface area contributed by atoms with E-state index in [4.69, 9.17) is 0 Å². The molecule has 0 unspecified atom stereocenters. The summed E-state index contributed by atoms with van der Waals surface area (Å²) in [6.45, 7) is 0.161. The number of amides is 3. The van der Waals surface area contributed by atoms with E-state index in [-0.39, 0.29) is 44.3 Å². The number of nitrogens with zero attached hydrogens (tertiary/aromatic N) is 2. The zero-order chi connectivity index (χ0) is 19.6. The smallest absolute Gasteiger partial charge is 0.347 e. The number of hydrogen-bond acceptors (Lipinski definition) is 3. The van der Waals surface area contributed by atoms with Crippen LogP contribution in [0.25, 0.3) is 0 Å². The fourth-order valence-corrected chi connectivity index (χ4v) is 3.52. The van der Waals surface area contributed by atoms with Crippen molar-refractivity contribution in [3.05, 3.63) is 29.8 Å². The maximum atomic E-state index is 12.4. The van der Waals surface area contributed by atoms with Gasteiger partial charge in [0, 0.05) is 31.2 Å². The Kier molecular flexibility index (Phi) is 5.38. The highest BCUT2D eigenvalue weighted by Gasteiger charge is 2.43. The molecule has 3 amide bonds. The monoisotopic (exact) mass is 383 g/mol. The van der Waals surface area contributed by atoms with Gasteiger partial charge in [0.15, 0.2) is 0 Å². The molecule has 6 nitrogen and oxygen atoms in total. The molecular formula is C18H20F3N3O3. The van der Waals surface area contributed by atoms with Crippen LogP contribution in [0.2, 0.25) is 0 Å². The van der Waals surface area contributed by atoms with Crippen molar-refractivity contribution in [3.63, 3.8) is 0 Å². The Bertz CT molecular complexity index is 743. The number of nitrogens with one attached hydrogen (secondary N) is 1. The molecular weight excluding hydrogens is 363 g/mol. The molecule has 0 atom stereocenters. The average molecular weight is 383 g/mol. The summed E-state index contributed by atoms with van der Waals surface area (Å²) in [5.74, 6) is -2.96. The molecule has 0 spiro atoms. The van der Waals surface area contributed by atoms with Crippen LogP contribution < -0.4 is 10.2 Å². The van der Waals surface area contributed by atoms with Gasteiger partial charge in [0.2, 0.25) is 11.8 Å². The molecule has 27 heavy (non-hydrogen) atoms. The first-order valence-electron chi connectivity index (χ1n) is 8.79. The first-order valence-corrected chi connectivity index (χ1v) is 8.79. The summed E-state index contributed by atoms with van der Waals surface area (Å²) in [6.07, 6.45) is -3.84. The molecule has 1 aromatic rings. The molecule has 1 aromatic carbocycles. The molecule has 0 saturated carbocycles. The van der Waals surface area contributed by atoms with Crippen molar-refractivity contribution >= 4 is 23.4 Å². The number of likely N-dealkylation sites (tertiary alicyclic amines) is 1. The second-order valence-corrected chi connectivity index (χ2v) is 6.71. The first kappa shape index (κ1) is 19.2. The number of benzene rings is 1. The number of alkyl halides is 3. The van der Waals surface area contributed by atoms with E-state index in [1.165, 1.54) is 0 Å². The lowest BCUT2D eigenvalue weighted by Gasteiger charge is -2.31. The van der Waals surface area contributed by atoms with Gasteiger partial charge < -0.3 is 15.1 Å². The summed E-state index contributed by atoms with van der Waals surface area (Å²) >= 11 is 0. The van der Waals surface area contributed by atoms with Crippen LogP contribution in [0.3, 0.4) is 0 Å². The van der Waals surface area contributed by atoms with Crippen LogP contribution in [-0.2, 0) is 20.8 Å². The quantitative estimate of drug-likeness (QED) is 0.860. The summed E-state index contributed by atoms with van der Waals surface area (Å²) in [4.78, 5) is 38.2. The molecule has 1 N–H and O–H groups in total. The fourth-order valence-electron chi connectivity index (χ4n) is 3.52. The predicted octanol–water partition coefficient (Wildman–Crippen LogP) is 1.49. The highest BCUT2D eigenvalue weighted by molar-refractivity contribution is 5.98. The van der Waals surface area contributed by atoms with E-state index in [1.54, 1.807) is 4.90 Å². The molecule has 0 radical (unpaired) electrons. The largest absolute Gasteiger partial charge is 0.471 e. The van der Waals surface area contributed by atoms with Gasteiger partial charge in [-0.15, -0.1) is 0 Å². The molecule has 2 aliphatic heterocycles. The van der Waals surface area contributed by atoms with Gasteiger partial charge in [-0.2, -0.15) is 13.2 Å². The molecule has 1 fully saturated rings. The maximum absolute atomic E-state index is 12.4. The Labute approximate surface area is 154 Å². The molecule has 9 heteroatoms. The van der Waals surface area contributed by atoms with Crippen molar-refractivity contribution in [3.8, 4) is 0 Å². The van der Waals surface area contributed by atoms with Crippen molar-refractivity contribution in [2.45, 2.75) is 25.4 Å². The molecule has 1 saturated heterocycles. The third-order valence-corrected chi connectivity index (χ3v) is 5.00. The third-order valence-electron chi connectivity index (χ3n) is 5.00. The number of fused-ring (bicyclic) bond motifs is 1. The van der Waals surface area contributed by atoms with E-state index in [2.05, 4.69) is 5.32 Å². The topological polar surface area (TPSA) is 69.7 Å². The summed E-state index contributed by atoms with van der Waals surface area (Å²) in [6, 6.07) is 7.57. The lowest BCUT2D eigenvalue weighted by atomic mass is 9.96. The van der Waals surface area contributed by atoms with Crippen molar-refractivity contribution in [2.75, 3.05) is 31.1 Å². The van der Waals surface area contributed by atoms with Crippen LogP contribution in [0, 0.1) is 5.92 Å². The fraction of sp³-hybridized carbons (Fsp3) is 0.500. The number of anilines is 1. The summed E-state index contributed by atoms with van der Waals surface area (Å²) in [7, 11) is 0. The number of para-hydroxylation sites is 1. The molecule has 0 aliphatic carbocycles. The number of halogens is 3. The van der Waals surface area contributed by atoms with Crippen molar-refractivity contribution in [1.82, 2.24) is 10.2 Å². The molecule has 2 aliphatic rings. The van der Waals surface area contributed by atoms with Crippen LogP contribution >= 0.6 is 0 Å². The van der Waals surface area contributed by atoms with Crippen LogP contribution in [-0.4, -0.2) is 55.0 Å². The van der Waals surface area contributed by atoms with E-state index in [9.17, 15) is 27.6 Å². The first-order chi connectivity index (χ1) is 12.8. The van der Waals surface area contributed by atoms with E-state index in [1.807, 2.05) is 24.3 Å². The Balaban J connectivity index is 1.47. The zero-order valence-electron chi connectivity index (χ0n) is 14.6. The molecule has 2 heterocycles. The Morgan fingerprint density at radius 1 is 1.07 bits per heavy atom. The van der Waals surface area contributed by atoms with Gasteiger partial charge in [-0.1, -0.05) is 18.2 Å². The number of carbonyl (C=O) groups excluding carboxylic acids is 3. The van der Waals surface area contributed by atoms with Crippen LogP contribution in [0.1, 0.15) is 18.4 Å². The predicted molar refractivity (Wildman–Crippen MR) is 90.9 cm³/mol. The Morgan fingerprint density at radius 3 is 2.41 bits per heavy atom. The van der Waals surface area contributed by atoms with Gasteiger partial charge in [-0.25, -0.2) is 0 Å². The van der Waals surface area contributed by atoms with Gasteiger partial charge in [-0.05, 0) is 30.9 Å². The summed E-state index contributed by atoms with van der Waals surface area (Å²) in [5.41, 5.74) is 1.93. The van der Waals surface area contributed by atoms with E-state index in [0.717, 1.165) is 22.6 Å². The van der Waals surface area contributed by atoms with Crippen LogP contribution in [0.4, 0.5) is 18.9 Å². The molecule has 146 valence electrons. The van der Waals surface area contributed by atoms with E-state index < -0.39 is 18.0 Å². The molecule has 0 aromatic heterocycles. The minimum Gasteiger partial charge on any atom is -0.347 e. The van der Waals surface area contributed by atoms with Gasteiger partial charge in [0.1, 0.15) is 0 Å². The summed E-state index contributed by atoms with van der Waals surface area (Å²) in [5, 5.41) is 2.58. The minimum absolute atomic E-state index is 0.121. The van der Waals surface area contributed by atoms with Gasteiger partial charge in [0.05, 0.1) is 6.54 Å². The second kappa shape index (κ2) is 7.58. The standard InChI is InChI=1S/C18H20F3N3O3/c19-18(20,21)17(27)23-8-5-13(6-9-23)16(26)22-11-15(25)24-10-7-12-3-1-2-4-14(12)24/h1-4,13H,5-11H2,(H,22,26). The van der Waals surface area contributed by atoms with Gasteiger partial charge in [-0.3, -0.25) is 14.4 Å². The van der Waals surface area contributed by atoms with Crippen molar-refractivity contribution in [2.24, 2.45) is 5.92 Å². The Hall–Kier alpha value is -2.58. The number of rotatable bonds is 3. The number of piperidine rings is 1. The lowest BCUT2D eigenvalue weighted by molar-refractivity contribution is -0.186. The zero-order valence-corrected chi connectivity index (χ0v) is 14.6. The Morgan fingerprint density at radius 2 is 1.74 bits per heavy atom. The number of hydrogen-bond donors (Lipinski definition) is 1.